The SMILES string of the molecule is CCc1sc(F)c(S(=O)(=O)O)c1S(=O)(=O)O. The predicted octanol–water partition coefficient (Wildman–Crippen LogP) is 0.943. The van der Waals surface area contributed by atoms with Crippen LogP contribution in [0.3, 0.4) is 0 Å². The molecule has 10 heteroatoms. The Kier molecular flexibility index (Phi) is 3.41. The highest BCUT2D eigenvalue weighted by molar-refractivity contribution is 7.89. The highest BCUT2D eigenvalue weighted by atomic mass is 32.2. The van der Waals surface area contributed by atoms with Crippen LogP contribution in [0.4, 0.5) is 4.39 Å². The number of halogens is 1. The summed E-state index contributed by atoms with van der Waals surface area (Å²) in [5.74, 6) is 0. The second-order valence-electron chi connectivity index (χ2n) is 2.76. The first-order valence-electron chi connectivity index (χ1n) is 3.85. The quantitative estimate of drug-likeness (QED) is 0.802. The zero-order valence-electron chi connectivity index (χ0n) is 7.84. The summed E-state index contributed by atoms with van der Waals surface area (Å²) in [6.07, 6.45) is 0.00618. The summed E-state index contributed by atoms with van der Waals surface area (Å²) in [4.78, 5) is -2.65. The molecule has 0 aliphatic carbocycles. The Morgan fingerprint density at radius 3 is 1.88 bits per heavy atom. The van der Waals surface area contributed by atoms with Gasteiger partial charge in [-0.15, -0.1) is 11.3 Å². The van der Waals surface area contributed by atoms with Crippen molar-refractivity contribution in [1.82, 2.24) is 0 Å². The maximum Gasteiger partial charge on any atom is 0.299 e. The molecule has 0 bridgehead atoms. The number of rotatable bonds is 3. The van der Waals surface area contributed by atoms with Crippen molar-refractivity contribution < 1.29 is 30.3 Å². The van der Waals surface area contributed by atoms with E-state index in [9.17, 15) is 21.2 Å². The lowest BCUT2D eigenvalue weighted by molar-refractivity contribution is 0.459. The summed E-state index contributed by atoms with van der Waals surface area (Å²) in [6.45, 7) is 1.45. The fourth-order valence-corrected chi connectivity index (χ4v) is 4.84. The van der Waals surface area contributed by atoms with Gasteiger partial charge >= 0.3 is 0 Å². The predicted molar refractivity (Wildman–Crippen MR) is 53.3 cm³/mol. The molecular weight excluding hydrogens is 283 g/mol. The number of thiophene rings is 1. The minimum Gasteiger partial charge on any atom is -0.282 e. The van der Waals surface area contributed by atoms with Crippen LogP contribution in [0, 0.1) is 5.13 Å². The Morgan fingerprint density at radius 1 is 1.12 bits per heavy atom. The van der Waals surface area contributed by atoms with Crippen molar-refractivity contribution in [2.45, 2.75) is 23.1 Å². The molecule has 0 aliphatic heterocycles. The fraction of sp³-hybridized carbons (Fsp3) is 0.333. The molecule has 92 valence electrons. The van der Waals surface area contributed by atoms with Gasteiger partial charge in [0.2, 0.25) is 0 Å². The molecule has 16 heavy (non-hydrogen) atoms. The summed E-state index contributed by atoms with van der Waals surface area (Å²) < 4.78 is 74.1. The van der Waals surface area contributed by atoms with Gasteiger partial charge in [-0.05, 0) is 6.42 Å². The van der Waals surface area contributed by atoms with Crippen LogP contribution in [-0.4, -0.2) is 25.9 Å². The zero-order chi connectivity index (χ0) is 12.7. The summed E-state index contributed by atoms with van der Waals surface area (Å²) in [5.41, 5.74) is 0. The average Bonchev–Trinajstić information content (AvgIpc) is 2.40. The van der Waals surface area contributed by atoms with Crippen LogP contribution in [-0.2, 0) is 26.7 Å². The van der Waals surface area contributed by atoms with E-state index in [4.69, 9.17) is 9.11 Å². The lowest BCUT2D eigenvalue weighted by Crippen LogP contribution is -2.08. The van der Waals surface area contributed by atoms with Crippen LogP contribution in [0.2, 0.25) is 0 Å². The lowest BCUT2D eigenvalue weighted by Gasteiger charge is -2.00. The summed E-state index contributed by atoms with van der Waals surface area (Å²) in [5, 5.41) is -1.37. The van der Waals surface area contributed by atoms with Gasteiger partial charge in [0.15, 0.2) is 10.0 Å². The van der Waals surface area contributed by atoms with Crippen molar-refractivity contribution >= 4 is 31.6 Å². The Bertz CT molecular complexity index is 611. The van der Waals surface area contributed by atoms with Crippen molar-refractivity contribution in [2.75, 3.05) is 0 Å². The Labute approximate surface area is 95.2 Å². The summed E-state index contributed by atoms with van der Waals surface area (Å²) in [7, 11) is -9.95. The van der Waals surface area contributed by atoms with Gasteiger partial charge in [-0.3, -0.25) is 9.11 Å². The molecular formula is C6H7FO6S3. The van der Waals surface area contributed by atoms with Crippen LogP contribution >= 0.6 is 11.3 Å². The van der Waals surface area contributed by atoms with E-state index in [-0.39, 0.29) is 22.6 Å². The van der Waals surface area contributed by atoms with E-state index >= 15 is 0 Å². The van der Waals surface area contributed by atoms with Gasteiger partial charge in [-0.1, -0.05) is 6.92 Å². The minimum atomic E-state index is -5.04. The molecule has 1 aromatic heterocycles. The molecule has 0 fully saturated rings. The molecule has 1 rings (SSSR count). The first kappa shape index (κ1) is 13.5. The molecule has 0 aromatic carbocycles. The van der Waals surface area contributed by atoms with Crippen LogP contribution in [0.25, 0.3) is 0 Å². The highest BCUT2D eigenvalue weighted by Crippen LogP contribution is 2.34. The smallest absolute Gasteiger partial charge is 0.282 e. The maximum atomic E-state index is 13.2. The van der Waals surface area contributed by atoms with Crippen molar-refractivity contribution in [1.29, 1.82) is 0 Å². The van der Waals surface area contributed by atoms with E-state index in [0.29, 0.717) is 0 Å². The van der Waals surface area contributed by atoms with E-state index in [2.05, 4.69) is 0 Å². The van der Waals surface area contributed by atoms with Gasteiger partial charge in [0, 0.05) is 4.88 Å². The van der Waals surface area contributed by atoms with Crippen LogP contribution < -0.4 is 0 Å². The Hall–Kier alpha value is -0.550. The Morgan fingerprint density at radius 2 is 1.56 bits per heavy atom. The van der Waals surface area contributed by atoms with E-state index in [0.717, 1.165) is 0 Å². The monoisotopic (exact) mass is 290 g/mol. The third kappa shape index (κ3) is 2.40. The van der Waals surface area contributed by atoms with Gasteiger partial charge in [-0.2, -0.15) is 21.2 Å². The second kappa shape index (κ2) is 4.04. The molecule has 0 spiro atoms. The standard InChI is InChI=1S/C6H7FO6S3/c1-2-3-4(15(8,9)10)5(6(7)14-3)16(11,12)13/h2H2,1H3,(H,8,9,10)(H,11,12,13). The molecule has 0 radical (unpaired) electrons. The van der Waals surface area contributed by atoms with Crippen molar-refractivity contribution in [2.24, 2.45) is 0 Å². The molecule has 2 N–H and O–H groups in total. The van der Waals surface area contributed by atoms with E-state index in [1.54, 1.807) is 0 Å². The number of aryl methyl sites for hydroxylation is 1. The molecule has 0 atom stereocenters. The molecule has 0 saturated heterocycles. The topological polar surface area (TPSA) is 109 Å². The minimum absolute atomic E-state index is 0.00618. The van der Waals surface area contributed by atoms with Gasteiger partial charge in [-0.25, -0.2) is 0 Å². The highest BCUT2D eigenvalue weighted by Gasteiger charge is 2.33. The molecule has 0 amide bonds. The molecule has 0 unspecified atom stereocenters. The Balaban J connectivity index is 3.82. The van der Waals surface area contributed by atoms with Crippen LogP contribution in [0.1, 0.15) is 11.8 Å². The average molecular weight is 290 g/mol. The molecule has 1 aromatic rings. The van der Waals surface area contributed by atoms with Crippen molar-refractivity contribution in [3.63, 3.8) is 0 Å². The van der Waals surface area contributed by atoms with Crippen molar-refractivity contribution in [3.8, 4) is 0 Å². The van der Waals surface area contributed by atoms with E-state index < -0.39 is 35.2 Å². The van der Waals surface area contributed by atoms with E-state index in [1.165, 1.54) is 6.92 Å². The van der Waals surface area contributed by atoms with Gasteiger partial charge in [0.05, 0.1) is 0 Å². The third-order valence-corrected chi connectivity index (χ3v) is 5.06. The lowest BCUT2D eigenvalue weighted by atomic mass is 10.4. The second-order valence-corrected chi connectivity index (χ2v) is 6.53. The van der Waals surface area contributed by atoms with Gasteiger partial charge < -0.3 is 0 Å². The van der Waals surface area contributed by atoms with Crippen LogP contribution in [0.5, 0.6) is 0 Å². The van der Waals surface area contributed by atoms with E-state index in [1.807, 2.05) is 0 Å². The molecule has 0 aliphatic rings. The van der Waals surface area contributed by atoms with Crippen molar-refractivity contribution in [3.05, 3.63) is 10.0 Å². The fourth-order valence-electron chi connectivity index (χ4n) is 1.13. The number of hydrogen-bond acceptors (Lipinski definition) is 5. The zero-order valence-corrected chi connectivity index (χ0v) is 10.3. The summed E-state index contributed by atoms with van der Waals surface area (Å²) >= 11 is 0.250. The maximum absolute atomic E-state index is 13.2. The van der Waals surface area contributed by atoms with Crippen LogP contribution in [0.15, 0.2) is 9.79 Å². The normalized spacial score (nSPS) is 13.0. The molecule has 6 nitrogen and oxygen atoms in total. The van der Waals surface area contributed by atoms with Gasteiger partial charge in [0.1, 0.15) is 4.90 Å². The molecule has 1 heterocycles. The number of hydrogen-bond donors (Lipinski definition) is 2. The third-order valence-electron chi connectivity index (χ3n) is 1.69. The summed E-state index contributed by atoms with van der Waals surface area (Å²) in [6, 6.07) is 0. The first-order valence-corrected chi connectivity index (χ1v) is 7.54. The first-order chi connectivity index (χ1) is 7.09. The molecule has 0 saturated carbocycles. The van der Waals surface area contributed by atoms with Gasteiger partial charge in [0.25, 0.3) is 20.2 Å². The largest absolute Gasteiger partial charge is 0.299 e.